The number of hydrogen-bond acceptors (Lipinski definition) is 5. The van der Waals surface area contributed by atoms with Crippen LogP contribution < -0.4 is 5.56 Å². The Morgan fingerprint density at radius 1 is 1.17 bits per heavy atom. The molecule has 29 heavy (non-hydrogen) atoms. The van der Waals surface area contributed by atoms with Crippen molar-refractivity contribution < 1.29 is 14.3 Å². The zero-order valence-corrected chi connectivity index (χ0v) is 17.6. The molecule has 2 aliphatic rings. The molecular formula is C21H32N4O4. The molecule has 1 aromatic rings. The highest BCUT2D eigenvalue weighted by molar-refractivity contribution is 5.78. The first-order valence-electron chi connectivity index (χ1n) is 10.6. The van der Waals surface area contributed by atoms with Crippen LogP contribution in [0.5, 0.6) is 0 Å². The quantitative estimate of drug-likeness (QED) is 0.802. The van der Waals surface area contributed by atoms with E-state index in [9.17, 15) is 14.4 Å². The lowest BCUT2D eigenvalue weighted by Gasteiger charge is -2.34. The van der Waals surface area contributed by atoms with Gasteiger partial charge in [-0.2, -0.15) is 0 Å². The number of H-pyrrole nitrogens is 1. The van der Waals surface area contributed by atoms with E-state index in [2.05, 4.69) is 4.98 Å². The highest BCUT2D eigenvalue weighted by Gasteiger charge is 2.29. The Hall–Kier alpha value is -2.22. The van der Waals surface area contributed by atoms with Crippen LogP contribution in [0, 0.1) is 5.92 Å². The van der Waals surface area contributed by atoms with Gasteiger partial charge in [0.2, 0.25) is 11.8 Å². The lowest BCUT2D eigenvalue weighted by molar-refractivity contribution is -0.136. The number of amides is 2. The molecule has 2 aliphatic heterocycles. The van der Waals surface area contributed by atoms with E-state index in [4.69, 9.17) is 9.72 Å². The van der Waals surface area contributed by atoms with Gasteiger partial charge in [-0.15, -0.1) is 0 Å². The van der Waals surface area contributed by atoms with E-state index >= 15 is 0 Å². The van der Waals surface area contributed by atoms with Crippen LogP contribution >= 0.6 is 0 Å². The summed E-state index contributed by atoms with van der Waals surface area (Å²) >= 11 is 0. The number of likely N-dealkylation sites (tertiary alicyclic amines) is 2. The largest absolute Gasteiger partial charge is 0.375 e. The number of aromatic nitrogens is 2. The number of hydrogen-bond donors (Lipinski definition) is 1. The standard InChI is InChI=1S/C21H32N4O4/c1-14(2)21(28)24-9-6-15(7-10-24)20-22-17(11-18(26)23-20)16-5-4-8-25(12-16)19(27)13-29-3/h11,14-16H,4-10,12-13H2,1-3H3,(H,22,23,26)/t16-/m1/s1. The topological polar surface area (TPSA) is 95.6 Å². The fourth-order valence-electron chi connectivity index (χ4n) is 4.30. The van der Waals surface area contributed by atoms with E-state index in [1.165, 1.54) is 7.11 Å². The molecule has 0 bridgehead atoms. The Kier molecular flexibility index (Phi) is 7.05. The first-order valence-corrected chi connectivity index (χ1v) is 10.6. The summed E-state index contributed by atoms with van der Waals surface area (Å²) in [5.74, 6) is 1.08. The average molecular weight is 405 g/mol. The maximum atomic E-state index is 12.3. The molecule has 2 saturated heterocycles. The van der Waals surface area contributed by atoms with Crippen LogP contribution in [-0.2, 0) is 14.3 Å². The molecule has 3 heterocycles. The second-order valence-electron chi connectivity index (χ2n) is 8.42. The summed E-state index contributed by atoms with van der Waals surface area (Å²) in [6.07, 6.45) is 3.40. The Morgan fingerprint density at radius 3 is 2.55 bits per heavy atom. The third-order valence-corrected chi connectivity index (χ3v) is 5.93. The lowest BCUT2D eigenvalue weighted by atomic mass is 9.92. The SMILES string of the molecule is COCC(=O)N1CCC[C@@H](c2cc(=O)[nH]c(C3CCN(C(=O)C(C)C)CC3)n2)C1. The molecule has 0 aliphatic carbocycles. The number of ether oxygens (including phenoxy) is 1. The summed E-state index contributed by atoms with van der Waals surface area (Å²) < 4.78 is 4.97. The van der Waals surface area contributed by atoms with Crippen molar-refractivity contribution in [1.29, 1.82) is 0 Å². The molecule has 0 saturated carbocycles. The van der Waals surface area contributed by atoms with Crippen LogP contribution in [0.4, 0.5) is 0 Å². The summed E-state index contributed by atoms with van der Waals surface area (Å²) in [7, 11) is 1.52. The molecule has 0 aromatic carbocycles. The Bertz CT molecular complexity index is 783. The molecular weight excluding hydrogens is 372 g/mol. The minimum Gasteiger partial charge on any atom is -0.375 e. The normalized spacial score (nSPS) is 20.9. The number of carbonyl (C=O) groups is 2. The molecule has 160 valence electrons. The van der Waals surface area contributed by atoms with Crippen molar-refractivity contribution in [1.82, 2.24) is 19.8 Å². The molecule has 3 rings (SSSR count). The number of rotatable bonds is 5. The van der Waals surface area contributed by atoms with Gasteiger partial charge in [-0.25, -0.2) is 4.98 Å². The summed E-state index contributed by atoms with van der Waals surface area (Å²) in [6, 6.07) is 1.57. The lowest BCUT2D eigenvalue weighted by Crippen LogP contribution is -2.41. The molecule has 1 N–H and O–H groups in total. The molecule has 2 amide bonds. The number of carbonyl (C=O) groups excluding carboxylic acids is 2. The van der Waals surface area contributed by atoms with E-state index < -0.39 is 0 Å². The average Bonchev–Trinajstić information content (AvgIpc) is 2.73. The van der Waals surface area contributed by atoms with Crippen LogP contribution in [0.15, 0.2) is 10.9 Å². The minimum atomic E-state index is -0.147. The fourth-order valence-corrected chi connectivity index (χ4v) is 4.30. The summed E-state index contributed by atoms with van der Waals surface area (Å²) in [4.78, 5) is 48.1. The molecule has 0 spiro atoms. The van der Waals surface area contributed by atoms with Gasteiger partial charge < -0.3 is 19.5 Å². The molecule has 0 unspecified atom stereocenters. The van der Waals surface area contributed by atoms with Crippen molar-refractivity contribution >= 4 is 11.8 Å². The van der Waals surface area contributed by atoms with E-state index in [1.807, 2.05) is 18.7 Å². The second-order valence-corrected chi connectivity index (χ2v) is 8.42. The first-order chi connectivity index (χ1) is 13.9. The van der Waals surface area contributed by atoms with E-state index in [0.717, 1.165) is 37.9 Å². The van der Waals surface area contributed by atoms with Crippen molar-refractivity contribution in [3.63, 3.8) is 0 Å². The van der Waals surface area contributed by atoms with Gasteiger partial charge in [0.25, 0.3) is 5.56 Å². The molecule has 1 aromatic heterocycles. The smallest absolute Gasteiger partial charge is 0.251 e. The third kappa shape index (κ3) is 5.23. The van der Waals surface area contributed by atoms with Gasteiger partial charge in [0.1, 0.15) is 12.4 Å². The monoisotopic (exact) mass is 404 g/mol. The fraction of sp³-hybridized carbons (Fsp3) is 0.714. The number of nitrogens with zero attached hydrogens (tertiary/aromatic N) is 3. The van der Waals surface area contributed by atoms with Crippen molar-refractivity contribution in [2.75, 3.05) is 39.9 Å². The van der Waals surface area contributed by atoms with Gasteiger partial charge in [-0.05, 0) is 25.7 Å². The van der Waals surface area contributed by atoms with Gasteiger partial charge in [-0.1, -0.05) is 13.8 Å². The predicted octanol–water partition coefficient (Wildman–Crippen LogP) is 1.48. The van der Waals surface area contributed by atoms with Crippen molar-refractivity contribution in [3.8, 4) is 0 Å². The second kappa shape index (κ2) is 9.52. The van der Waals surface area contributed by atoms with Crippen molar-refractivity contribution in [2.24, 2.45) is 5.92 Å². The Morgan fingerprint density at radius 2 is 1.90 bits per heavy atom. The number of methoxy groups -OCH3 is 1. The van der Waals surface area contributed by atoms with Gasteiger partial charge in [0, 0.05) is 57.1 Å². The van der Waals surface area contributed by atoms with Crippen LogP contribution in [0.2, 0.25) is 0 Å². The maximum absolute atomic E-state index is 12.3. The van der Waals surface area contributed by atoms with E-state index in [-0.39, 0.29) is 41.7 Å². The minimum absolute atomic E-state index is 0.00266. The Labute approximate surface area is 171 Å². The predicted molar refractivity (Wildman–Crippen MR) is 109 cm³/mol. The third-order valence-electron chi connectivity index (χ3n) is 5.93. The summed E-state index contributed by atoms with van der Waals surface area (Å²) in [5.41, 5.74) is 0.616. The van der Waals surface area contributed by atoms with Crippen LogP contribution in [0.3, 0.4) is 0 Å². The van der Waals surface area contributed by atoms with Crippen molar-refractivity contribution in [3.05, 3.63) is 27.9 Å². The maximum Gasteiger partial charge on any atom is 0.251 e. The summed E-state index contributed by atoms with van der Waals surface area (Å²) in [5, 5.41) is 0. The molecule has 0 radical (unpaired) electrons. The van der Waals surface area contributed by atoms with E-state index in [0.29, 0.717) is 25.5 Å². The number of nitrogens with one attached hydrogen (secondary N) is 1. The van der Waals surface area contributed by atoms with Crippen LogP contribution in [-0.4, -0.2) is 71.5 Å². The Balaban J connectivity index is 1.70. The van der Waals surface area contributed by atoms with E-state index in [1.54, 1.807) is 11.0 Å². The highest BCUT2D eigenvalue weighted by atomic mass is 16.5. The van der Waals surface area contributed by atoms with Crippen LogP contribution in [0.1, 0.15) is 62.9 Å². The highest BCUT2D eigenvalue weighted by Crippen LogP contribution is 2.29. The van der Waals surface area contributed by atoms with Gasteiger partial charge >= 0.3 is 0 Å². The number of piperidine rings is 2. The molecule has 8 heteroatoms. The van der Waals surface area contributed by atoms with Gasteiger partial charge in [-0.3, -0.25) is 14.4 Å². The van der Waals surface area contributed by atoms with Gasteiger partial charge in [0.15, 0.2) is 0 Å². The number of aromatic amines is 1. The first kappa shape index (κ1) is 21.5. The zero-order chi connectivity index (χ0) is 21.0. The molecule has 2 fully saturated rings. The molecule has 1 atom stereocenters. The van der Waals surface area contributed by atoms with Crippen LogP contribution in [0.25, 0.3) is 0 Å². The molecule has 8 nitrogen and oxygen atoms in total. The summed E-state index contributed by atoms with van der Waals surface area (Å²) in [6.45, 7) is 6.59. The van der Waals surface area contributed by atoms with Gasteiger partial charge in [0.05, 0.1) is 5.69 Å². The van der Waals surface area contributed by atoms with Crippen molar-refractivity contribution in [2.45, 2.75) is 51.4 Å². The zero-order valence-electron chi connectivity index (χ0n) is 17.6.